The summed E-state index contributed by atoms with van der Waals surface area (Å²) < 4.78 is 8.72. The molecule has 4 rings (SSSR count). The van der Waals surface area contributed by atoms with Gasteiger partial charge in [0.05, 0.1) is 24.7 Å². The van der Waals surface area contributed by atoms with E-state index in [0.717, 1.165) is 48.5 Å². The van der Waals surface area contributed by atoms with Crippen molar-refractivity contribution in [3.05, 3.63) is 40.6 Å². The molecular weight excluding hydrogens is 288 g/mol. The van der Waals surface area contributed by atoms with Gasteiger partial charge in [-0.3, -0.25) is 0 Å². The van der Waals surface area contributed by atoms with E-state index >= 15 is 0 Å². The Bertz CT molecular complexity index is 718. The molecule has 0 saturated carbocycles. The first kappa shape index (κ1) is 13.1. The average Bonchev–Trinajstić information content (AvgIpc) is 2.85. The standard InChI is InChI=1S/C14H16N4O2S/c19-14-17(10-16-5-7-20-8-6-16)15-13-9-21-12-4-2-1-3-11(12)18(13)14/h1-4H,5-10H2/p+1. The average molecular weight is 305 g/mol. The third kappa shape index (κ3) is 2.31. The Balaban J connectivity index is 1.70. The van der Waals surface area contributed by atoms with E-state index in [4.69, 9.17) is 4.74 Å². The minimum Gasteiger partial charge on any atom is -0.370 e. The largest absolute Gasteiger partial charge is 0.370 e. The Morgan fingerprint density at radius 3 is 2.95 bits per heavy atom. The number of ether oxygens (including phenoxy) is 1. The molecule has 0 radical (unpaired) electrons. The van der Waals surface area contributed by atoms with E-state index in [1.165, 1.54) is 4.90 Å². The van der Waals surface area contributed by atoms with Gasteiger partial charge in [0.15, 0.2) is 6.67 Å². The fourth-order valence-corrected chi connectivity index (χ4v) is 3.78. The fourth-order valence-electron chi connectivity index (χ4n) is 2.83. The summed E-state index contributed by atoms with van der Waals surface area (Å²) in [5, 5.41) is 4.53. The van der Waals surface area contributed by atoms with E-state index in [-0.39, 0.29) is 5.69 Å². The lowest BCUT2D eigenvalue weighted by Crippen LogP contribution is -3.13. The van der Waals surface area contributed by atoms with Gasteiger partial charge in [-0.05, 0) is 12.1 Å². The minimum atomic E-state index is -0.0308. The number of quaternary nitrogens is 1. The maximum atomic E-state index is 12.7. The van der Waals surface area contributed by atoms with Gasteiger partial charge in [-0.25, -0.2) is 9.36 Å². The van der Waals surface area contributed by atoms with Crippen molar-refractivity contribution in [2.45, 2.75) is 17.3 Å². The van der Waals surface area contributed by atoms with Gasteiger partial charge < -0.3 is 9.64 Å². The van der Waals surface area contributed by atoms with Crippen LogP contribution in [0.15, 0.2) is 34.0 Å². The summed E-state index contributed by atoms with van der Waals surface area (Å²) in [5.41, 5.74) is 0.925. The van der Waals surface area contributed by atoms with Gasteiger partial charge in [-0.15, -0.1) is 16.9 Å². The Labute approximate surface area is 126 Å². The van der Waals surface area contributed by atoms with E-state index in [0.29, 0.717) is 6.67 Å². The molecular formula is C14H17N4O2S+. The topological polar surface area (TPSA) is 53.5 Å². The van der Waals surface area contributed by atoms with Gasteiger partial charge in [-0.1, -0.05) is 12.1 Å². The molecule has 1 aromatic carbocycles. The zero-order chi connectivity index (χ0) is 14.2. The lowest BCUT2D eigenvalue weighted by Gasteiger charge is -2.22. The number of nitrogens with one attached hydrogen (secondary N) is 1. The van der Waals surface area contributed by atoms with Crippen molar-refractivity contribution in [1.29, 1.82) is 0 Å². The van der Waals surface area contributed by atoms with Crippen LogP contribution < -0.4 is 10.6 Å². The van der Waals surface area contributed by atoms with E-state index in [1.54, 1.807) is 21.0 Å². The van der Waals surface area contributed by atoms with Gasteiger partial charge in [0.2, 0.25) is 0 Å². The second-order valence-electron chi connectivity index (χ2n) is 5.31. The molecule has 7 heteroatoms. The van der Waals surface area contributed by atoms with Gasteiger partial charge in [0.1, 0.15) is 18.9 Å². The van der Waals surface area contributed by atoms with Crippen molar-refractivity contribution < 1.29 is 9.64 Å². The van der Waals surface area contributed by atoms with Crippen molar-refractivity contribution in [2.75, 3.05) is 26.3 Å². The maximum Gasteiger partial charge on any atom is 0.355 e. The second-order valence-corrected chi connectivity index (χ2v) is 6.33. The first-order chi connectivity index (χ1) is 10.3. The number of nitrogens with zero attached hydrogens (tertiary/aromatic N) is 3. The molecule has 0 atom stereocenters. The molecule has 2 aromatic rings. The van der Waals surface area contributed by atoms with Crippen LogP contribution in [0.25, 0.3) is 5.69 Å². The number of morpholine rings is 1. The number of para-hydroxylation sites is 1. The zero-order valence-corrected chi connectivity index (χ0v) is 12.4. The predicted molar refractivity (Wildman–Crippen MR) is 78.9 cm³/mol. The predicted octanol–water partition coefficient (Wildman–Crippen LogP) is -0.488. The highest BCUT2D eigenvalue weighted by molar-refractivity contribution is 7.98. The van der Waals surface area contributed by atoms with E-state index in [2.05, 4.69) is 11.2 Å². The fraction of sp³-hybridized carbons (Fsp3) is 0.429. The number of benzene rings is 1. The number of aromatic nitrogens is 3. The first-order valence-corrected chi connectivity index (χ1v) is 8.14. The molecule has 1 fully saturated rings. The summed E-state index contributed by atoms with van der Waals surface area (Å²) in [6.45, 7) is 4.00. The van der Waals surface area contributed by atoms with Crippen molar-refractivity contribution in [2.24, 2.45) is 0 Å². The van der Waals surface area contributed by atoms with Crippen LogP contribution in [0.2, 0.25) is 0 Å². The third-order valence-corrected chi connectivity index (χ3v) is 5.00. The smallest absolute Gasteiger partial charge is 0.355 e. The quantitative estimate of drug-likeness (QED) is 0.814. The Kier molecular flexibility index (Phi) is 3.33. The molecule has 0 bridgehead atoms. The third-order valence-electron chi connectivity index (χ3n) is 3.94. The second kappa shape index (κ2) is 5.32. The molecule has 0 aliphatic carbocycles. The monoisotopic (exact) mass is 305 g/mol. The van der Waals surface area contributed by atoms with Crippen LogP contribution in [0.5, 0.6) is 0 Å². The highest BCUT2D eigenvalue weighted by Crippen LogP contribution is 2.32. The number of fused-ring (bicyclic) bond motifs is 3. The molecule has 6 nitrogen and oxygen atoms in total. The molecule has 1 aromatic heterocycles. The lowest BCUT2D eigenvalue weighted by molar-refractivity contribution is -0.931. The molecule has 1 N–H and O–H groups in total. The molecule has 0 amide bonds. The van der Waals surface area contributed by atoms with E-state index in [1.807, 2.05) is 18.2 Å². The van der Waals surface area contributed by atoms with Crippen LogP contribution in [-0.4, -0.2) is 40.7 Å². The number of hydrogen-bond acceptors (Lipinski definition) is 4. The van der Waals surface area contributed by atoms with Crippen LogP contribution in [0.1, 0.15) is 5.82 Å². The normalized spacial score (nSPS) is 18.3. The van der Waals surface area contributed by atoms with Crippen molar-refractivity contribution in [3.63, 3.8) is 0 Å². The minimum absolute atomic E-state index is 0.0308. The summed E-state index contributed by atoms with van der Waals surface area (Å²) in [6.07, 6.45) is 0. The molecule has 110 valence electrons. The van der Waals surface area contributed by atoms with Crippen LogP contribution >= 0.6 is 11.8 Å². The first-order valence-electron chi connectivity index (χ1n) is 7.15. The van der Waals surface area contributed by atoms with Crippen LogP contribution in [0.3, 0.4) is 0 Å². The lowest BCUT2D eigenvalue weighted by atomic mass is 10.3. The summed E-state index contributed by atoms with van der Waals surface area (Å²) in [7, 11) is 0. The van der Waals surface area contributed by atoms with Crippen LogP contribution in [0, 0.1) is 0 Å². The molecule has 21 heavy (non-hydrogen) atoms. The van der Waals surface area contributed by atoms with Gasteiger partial charge in [0.25, 0.3) is 0 Å². The van der Waals surface area contributed by atoms with Gasteiger partial charge in [-0.2, -0.15) is 4.68 Å². The summed E-state index contributed by atoms with van der Waals surface area (Å²) in [4.78, 5) is 15.2. The summed E-state index contributed by atoms with van der Waals surface area (Å²) >= 11 is 1.74. The summed E-state index contributed by atoms with van der Waals surface area (Å²) in [6, 6.07) is 8.01. The van der Waals surface area contributed by atoms with Crippen molar-refractivity contribution in [3.8, 4) is 5.69 Å². The highest BCUT2D eigenvalue weighted by atomic mass is 32.2. The highest BCUT2D eigenvalue weighted by Gasteiger charge is 2.24. The molecule has 0 spiro atoms. The summed E-state index contributed by atoms with van der Waals surface area (Å²) in [5.74, 6) is 1.59. The Morgan fingerprint density at radius 2 is 2.10 bits per heavy atom. The number of hydrogen-bond donors (Lipinski definition) is 1. The molecule has 0 unspecified atom stereocenters. The maximum absolute atomic E-state index is 12.7. The number of thioether (sulfide) groups is 1. The van der Waals surface area contributed by atoms with Crippen LogP contribution in [-0.2, 0) is 17.2 Å². The molecule has 2 aliphatic heterocycles. The SMILES string of the molecule is O=c1n(C[NH+]2CCOCC2)nc2n1-c1ccccc1SC2. The molecule has 3 heterocycles. The van der Waals surface area contributed by atoms with Crippen molar-refractivity contribution in [1.82, 2.24) is 14.3 Å². The molecule has 1 saturated heterocycles. The Hall–Kier alpha value is -1.57. The van der Waals surface area contributed by atoms with E-state index < -0.39 is 0 Å². The Morgan fingerprint density at radius 1 is 1.29 bits per heavy atom. The van der Waals surface area contributed by atoms with Gasteiger partial charge >= 0.3 is 5.69 Å². The van der Waals surface area contributed by atoms with Crippen molar-refractivity contribution >= 4 is 11.8 Å². The number of rotatable bonds is 2. The molecule has 2 aliphatic rings. The van der Waals surface area contributed by atoms with Gasteiger partial charge in [0, 0.05) is 4.90 Å². The van der Waals surface area contributed by atoms with E-state index in [9.17, 15) is 4.79 Å². The zero-order valence-electron chi connectivity index (χ0n) is 11.6. The van der Waals surface area contributed by atoms with Crippen LogP contribution in [0.4, 0.5) is 0 Å².